The van der Waals surface area contributed by atoms with E-state index in [1.807, 2.05) is 0 Å². The maximum atomic E-state index is 11.4. The molecule has 2 rings (SSSR count). The van der Waals surface area contributed by atoms with E-state index in [2.05, 4.69) is 15.0 Å². The van der Waals surface area contributed by atoms with Crippen LogP contribution in [-0.2, 0) is 9.84 Å². The molecule has 0 aliphatic carbocycles. The van der Waals surface area contributed by atoms with Gasteiger partial charge < -0.3 is 4.42 Å². The monoisotopic (exact) mass is 241 g/mol. The van der Waals surface area contributed by atoms with Crippen LogP contribution in [-0.4, -0.2) is 29.6 Å². The molecule has 0 bridgehead atoms. The molecule has 8 heteroatoms. The number of sulfone groups is 1. The van der Waals surface area contributed by atoms with Gasteiger partial charge in [-0.1, -0.05) is 0 Å². The lowest BCUT2D eigenvalue weighted by Crippen LogP contribution is -2.10. The molecule has 0 atom stereocenters. The maximum absolute atomic E-state index is 11.4. The molecule has 0 amide bonds. The van der Waals surface area contributed by atoms with Gasteiger partial charge in [-0.2, -0.15) is 4.98 Å². The molecular weight excluding hydrogens is 234 g/mol. The highest BCUT2D eigenvalue weighted by Gasteiger charge is 2.13. The predicted octanol–water partition coefficient (Wildman–Crippen LogP) is -0.310. The highest BCUT2D eigenvalue weighted by Crippen LogP contribution is 2.07. The lowest BCUT2D eigenvalue weighted by molar-refractivity contribution is 0.464. The minimum absolute atomic E-state index is 0.0705. The third-order valence-corrected chi connectivity index (χ3v) is 2.76. The molecule has 2 aromatic heterocycles. The highest BCUT2D eigenvalue weighted by molar-refractivity contribution is 7.90. The molecular formula is C8H7N3O4S. The Morgan fingerprint density at radius 2 is 2.00 bits per heavy atom. The fraction of sp³-hybridized carbons (Fsp3) is 0.250. The Balaban J connectivity index is 2.87. The summed E-state index contributed by atoms with van der Waals surface area (Å²) in [5.74, 6) is 0.152. The summed E-state index contributed by atoms with van der Waals surface area (Å²) < 4.78 is 27.1. The summed E-state index contributed by atoms with van der Waals surface area (Å²) in [5, 5.41) is -0.280. The van der Waals surface area contributed by atoms with Crippen molar-refractivity contribution in [3.8, 4) is 0 Å². The van der Waals surface area contributed by atoms with Gasteiger partial charge in [0.2, 0.25) is 0 Å². The van der Waals surface area contributed by atoms with Crippen molar-refractivity contribution in [1.29, 1.82) is 0 Å². The van der Waals surface area contributed by atoms with Crippen molar-refractivity contribution in [2.24, 2.45) is 0 Å². The molecule has 2 aromatic rings. The largest absolute Gasteiger partial charge is 0.407 e. The number of hydrogen-bond acceptors (Lipinski definition) is 7. The molecule has 2 heterocycles. The van der Waals surface area contributed by atoms with Crippen molar-refractivity contribution in [2.75, 3.05) is 6.26 Å². The molecule has 0 aliphatic rings. The molecule has 16 heavy (non-hydrogen) atoms. The summed E-state index contributed by atoms with van der Waals surface area (Å²) in [6, 6.07) is 0. The normalized spacial score (nSPS) is 11.9. The van der Waals surface area contributed by atoms with Gasteiger partial charge in [0.25, 0.3) is 0 Å². The second-order valence-corrected chi connectivity index (χ2v) is 5.14. The van der Waals surface area contributed by atoms with Gasteiger partial charge in [-0.15, -0.1) is 0 Å². The van der Waals surface area contributed by atoms with Crippen LogP contribution in [0.3, 0.4) is 0 Å². The Labute approximate surface area is 90.1 Å². The van der Waals surface area contributed by atoms with E-state index in [0.29, 0.717) is 0 Å². The lowest BCUT2D eigenvalue weighted by atomic mass is 10.5. The minimum Gasteiger partial charge on any atom is -0.407 e. The second kappa shape index (κ2) is 3.34. The number of aryl methyl sites for hydroxylation is 1. The van der Waals surface area contributed by atoms with Crippen molar-refractivity contribution < 1.29 is 12.8 Å². The highest BCUT2D eigenvalue weighted by atomic mass is 32.2. The molecule has 7 nitrogen and oxygen atoms in total. The summed E-state index contributed by atoms with van der Waals surface area (Å²) in [6.07, 6.45) is 2.04. The van der Waals surface area contributed by atoms with Gasteiger partial charge in [0, 0.05) is 13.2 Å². The first kappa shape index (κ1) is 10.7. The molecule has 0 fully saturated rings. The number of rotatable bonds is 1. The van der Waals surface area contributed by atoms with Crippen LogP contribution < -0.4 is 5.63 Å². The zero-order chi connectivity index (χ0) is 11.9. The van der Waals surface area contributed by atoms with Gasteiger partial charge in [-0.3, -0.25) is 0 Å². The fourth-order valence-corrected chi connectivity index (χ4v) is 1.62. The van der Waals surface area contributed by atoms with Crippen molar-refractivity contribution in [2.45, 2.75) is 11.9 Å². The van der Waals surface area contributed by atoms with Crippen molar-refractivity contribution >= 4 is 21.0 Å². The maximum Gasteiger partial charge on any atom is 0.367 e. The van der Waals surface area contributed by atoms with Gasteiger partial charge in [-0.05, 0) is 0 Å². The van der Waals surface area contributed by atoms with Crippen LogP contribution in [0.25, 0.3) is 11.2 Å². The van der Waals surface area contributed by atoms with E-state index < -0.39 is 15.5 Å². The lowest BCUT2D eigenvalue weighted by Gasteiger charge is -1.98. The van der Waals surface area contributed by atoms with Crippen LogP contribution in [0.2, 0.25) is 0 Å². The SMILES string of the molecule is Cc1nc2ncc(S(C)(=O)=O)nc2c(=O)o1. The van der Waals surface area contributed by atoms with Gasteiger partial charge in [0.05, 0.1) is 6.20 Å². The van der Waals surface area contributed by atoms with E-state index in [0.717, 1.165) is 12.5 Å². The topological polar surface area (TPSA) is 103 Å². The summed E-state index contributed by atoms with van der Waals surface area (Å²) in [4.78, 5) is 22.6. The van der Waals surface area contributed by atoms with Gasteiger partial charge >= 0.3 is 5.63 Å². The van der Waals surface area contributed by atoms with Crippen molar-refractivity contribution in [1.82, 2.24) is 15.0 Å². The summed E-state index contributed by atoms with van der Waals surface area (Å²) in [5.41, 5.74) is -0.866. The van der Waals surface area contributed by atoms with E-state index >= 15 is 0 Å². The van der Waals surface area contributed by atoms with Crippen LogP contribution in [0.5, 0.6) is 0 Å². The van der Waals surface area contributed by atoms with Gasteiger partial charge in [0.1, 0.15) is 0 Å². The van der Waals surface area contributed by atoms with Crippen molar-refractivity contribution in [3.63, 3.8) is 0 Å². The van der Waals surface area contributed by atoms with Crippen LogP contribution in [0, 0.1) is 6.92 Å². The molecule has 0 spiro atoms. The van der Waals surface area contributed by atoms with E-state index in [9.17, 15) is 13.2 Å². The van der Waals surface area contributed by atoms with E-state index in [1.54, 1.807) is 0 Å². The van der Waals surface area contributed by atoms with Gasteiger partial charge in [-0.25, -0.2) is 23.2 Å². The zero-order valence-electron chi connectivity index (χ0n) is 8.46. The van der Waals surface area contributed by atoms with Crippen LogP contribution in [0.1, 0.15) is 5.89 Å². The number of hydrogen-bond donors (Lipinski definition) is 0. The van der Waals surface area contributed by atoms with E-state index in [4.69, 9.17) is 4.42 Å². The Hall–Kier alpha value is -1.83. The number of aromatic nitrogens is 3. The third kappa shape index (κ3) is 1.78. The van der Waals surface area contributed by atoms with Crippen molar-refractivity contribution in [3.05, 3.63) is 22.5 Å². The summed E-state index contributed by atoms with van der Waals surface area (Å²) in [7, 11) is -3.50. The summed E-state index contributed by atoms with van der Waals surface area (Å²) in [6.45, 7) is 1.49. The molecule has 0 saturated heterocycles. The summed E-state index contributed by atoms with van der Waals surface area (Å²) >= 11 is 0. The average molecular weight is 241 g/mol. The Morgan fingerprint density at radius 1 is 1.31 bits per heavy atom. The smallest absolute Gasteiger partial charge is 0.367 e. The Bertz CT molecular complexity index is 720. The van der Waals surface area contributed by atoms with Crippen LogP contribution in [0.15, 0.2) is 20.4 Å². The van der Waals surface area contributed by atoms with E-state index in [1.165, 1.54) is 6.92 Å². The zero-order valence-corrected chi connectivity index (χ0v) is 9.28. The Kier molecular flexibility index (Phi) is 2.23. The average Bonchev–Trinajstić information content (AvgIpc) is 2.15. The first-order valence-electron chi connectivity index (χ1n) is 4.22. The Morgan fingerprint density at radius 3 is 2.62 bits per heavy atom. The standard InChI is InChI=1S/C8H7N3O4S/c1-4-10-7-6(8(12)15-4)11-5(3-9-7)16(2,13)14/h3H,1-2H3. The molecule has 0 aliphatic heterocycles. The first-order chi connectivity index (χ1) is 7.38. The predicted molar refractivity (Wildman–Crippen MR) is 53.7 cm³/mol. The van der Waals surface area contributed by atoms with Crippen LogP contribution in [0.4, 0.5) is 0 Å². The number of nitrogens with zero attached hydrogens (tertiary/aromatic N) is 3. The molecule has 0 saturated carbocycles. The van der Waals surface area contributed by atoms with E-state index in [-0.39, 0.29) is 22.1 Å². The molecule has 84 valence electrons. The molecule has 0 unspecified atom stereocenters. The quantitative estimate of drug-likeness (QED) is 0.674. The van der Waals surface area contributed by atoms with Crippen LogP contribution >= 0.6 is 0 Å². The third-order valence-electron chi connectivity index (χ3n) is 1.81. The molecule has 0 radical (unpaired) electrons. The number of fused-ring (bicyclic) bond motifs is 1. The minimum atomic E-state index is -3.50. The van der Waals surface area contributed by atoms with Gasteiger partial charge in [0.15, 0.2) is 31.9 Å². The first-order valence-corrected chi connectivity index (χ1v) is 6.11. The second-order valence-electron chi connectivity index (χ2n) is 3.17. The fourth-order valence-electron chi connectivity index (χ4n) is 1.12. The molecule has 0 N–H and O–H groups in total. The molecule has 0 aromatic carbocycles.